The molecular weight excluding hydrogens is 312 g/mol. The summed E-state index contributed by atoms with van der Waals surface area (Å²) < 4.78 is 6.26. The molecule has 3 heteroatoms. The molecule has 0 radical (unpaired) electrons. The quantitative estimate of drug-likeness (QED) is 0.757. The number of carbonyl (C=O) groups is 1. The molecular formula is C22H36O3. The monoisotopic (exact) mass is 348 g/mol. The van der Waals surface area contributed by atoms with Gasteiger partial charge in [-0.05, 0) is 67.1 Å². The van der Waals surface area contributed by atoms with E-state index in [1.807, 2.05) is 0 Å². The Balaban J connectivity index is 1.56. The Kier molecular flexibility index (Phi) is 4.26. The molecule has 25 heavy (non-hydrogen) atoms. The van der Waals surface area contributed by atoms with Crippen molar-refractivity contribution in [3.05, 3.63) is 0 Å². The van der Waals surface area contributed by atoms with Crippen LogP contribution in [-0.4, -0.2) is 23.3 Å². The zero-order valence-electron chi connectivity index (χ0n) is 16.5. The number of esters is 1. The van der Waals surface area contributed by atoms with Crippen LogP contribution in [0.4, 0.5) is 0 Å². The smallest absolute Gasteiger partial charge is 0.315 e. The second-order valence-electron chi connectivity index (χ2n) is 10.1. The van der Waals surface area contributed by atoms with Gasteiger partial charge in [-0.25, -0.2) is 0 Å². The zero-order chi connectivity index (χ0) is 18.0. The van der Waals surface area contributed by atoms with Crippen LogP contribution in [0.15, 0.2) is 0 Å². The highest BCUT2D eigenvalue weighted by Crippen LogP contribution is 2.85. The van der Waals surface area contributed by atoms with Gasteiger partial charge in [0, 0.05) is 0 Å². The van der Waals surface area contributed by atoms with Crippen molar-refractivity contribution in [2.45, 2.75) is 91.3 Å². The van der Waals surface area contributed by atoms with Crippen molar-refractivity contribution in [2.75, 3.05) is 0 Å². The molecule has 0 aliphatic heterocycles. The van der Waals surface area contributed by atoms with Gasteiger partial charge in [-0.1, -0.05) is 47.0 Å². The lowest BCUT2D eigenvalue weighted by atomic mass is 9.75. The Morgan fingerprint density at radius 1 is 1.28 bits per heavy atom. The molecule has 2 unspecified atom stereocenters. The topological polar surface area (TPSA) is 46.5 Å². The molecule has 4 rings (SSSR count). The minimum absolute atomic E-state index is 0.0367. The summed E-state index contributed by atoms with van der Waals surface area (Å²) in [5, 5.41) is 11.1. The van der Waals surface area contributed by atoms with Crippen molar-refractivity contribution < 1.29 is 14.6 Å². The van der Waals surface area contributed by atoms with Gasteiger partial charge >= 0.3 is 5.97 Å². The number of ether oxygens (including phenoxy) is 1. The van der Waals surface area contributed by atoms with Gasteiger partial charge in [0.05, 0.1) is 6.10 Å². The Morgan fingerprint density at radius 2 is 2.04 bits per heavy atom. The molecule has 1 spiro atoms. The molecule has 0 aromatic heterocycles. The lowest BCUT2D eigenvalue weighted by Gasteiger charge is -2.38. The van der Waals surface area contributed by atoms with E-state index >= 15 is 0 Å². The predicted octanol–water partition coefficient (Wildman–Crippen LogP) is 4.57. The van der Waals surface area contributed by atoms with Gasteiger partial charge in [0.15, 0.2) is 0 Å². The summed E-state index contributed by atoms with van der Waals surface area (Å²) in [4.78, 5) is 13.4. The third kappa shape index (κ3) is 2.23. The lowest BCUT2D eigenvalue weighted by Crippen LogP contribution is -2.42. The summed E-state index contributed by atoms with van der Waals surface area (Å²) in [5.41, 5.74) is -0.466. The number of fused-ring (bicyclic) bond motifs is 1. The van der Waals surface area contributed by atoms with E-state index in [1.165, 1.54) is 19.3 Å². The maximum absolute atomic E-state index is 13.4. The molecule has 4 aliphatic carbocycles. The van der Waals surface area contributed by atoms with Crippen molar-refractivity contribution >= 4 is 5.97 Å². The summed E-state index contributed by atoms with van der Waals surface area (Å²) in [7, 11) is 0. The number of rotatable bonds is 4. The molecule has 4 saturated carbocycles. The summed E-state index contributed by atoms with van der Waals surface area (Å²) in [5.74, 6) is 2.30. The first-order valence-electron chi connectivity index (χ1n) is 10.8. The summed E-state index contributed by atoms with van der Waals surface area (Å²) in [6, 6.07) is 0. The zero-order valence-corrected chi connectivity index (χ0v) is 16.5. The fourth-order valence-electron chi connectivity index (χ4n) is 7.40. The predicted molar refractivity (Wildman–Crippen MR) is 97.8 cm³/mol. The van der Waals surface area contributed by atoms with Gasteiger partial charge in [-0.15, -0.1) is 0 Å². The van der Waals surface area contributed by atoms with Gasteiger partial charge in [0.1, 0.15) is 11.5 Å². The van der Waals surface area contributed by atoms with Gasteiger partial charge < -0.3 is 9.84 Å². The van der Waals surface area contributed by atoms with Crippen LogP contribution in [0.3, 0.4) is 0 Å². The highest BCUT2D eigenvalue weighted by atomic mass is 16.5. The molecule has 0 heterocycles. The Labute approximate surface area is 152 Å². The fourth-order valence-corrected chi connectivity index (χ4v) is 7.40. The first kappa shape index (κ1) is 17.8. The minimum atomic E-state index is -0.547. The average Bonchev–Trinajstić information content (AvgIpc) is 2.82. The first-order chi connectivity index (χ1) is 11.9. The maximum Gasteiger partial charge on any atom is 0.315 e. The molecule has 4 aliphatic rings. The number of carbonyl (C=O) groups excluding carboxylic acids is 1. The molecule has 0 bridgehead atoms. The summed E-state index contributed by atoms with van der Waals surface area (Å²) in [6.45, 7) is 8.94. The molecule has 8 atom stereocenters. The number of hydrogen-bond acceptors (Lipinski definition) is 3. The van der Waals surface area contributed by atoms with Crippen molar-refractivity contribution in [2.24, 2.45) is 40.4 Å². The highest BCUT2D eigenvalue weighted by Gasteiger charge is 2.88. The van der Waals surface area contributed by atoms with Crippen molar-refractivity contribution in [1.82, 2.24) is 0 Å². The van der Waals surface area contributed by atoms with Crippen LogP contribution < -0.4 is 0 Å². The number of aliphatic hydroxyl groups excluding tert-OH is 1. The van der Waals surface area contributed by atoms with E-state index in [0.29, 0.717) is 23.7 Å². The largest absolute Gasteiger partial charge is 0.462 e. The highest BCUT2D eigenvalue weighted by molar-refractivity contribution is 5.85. The van der Waals surface area contributed by atoms with Gasteiger partial charge in [0.25, 0.3) is 0 Å². The molecule has 142 valence electrons. The van der Waals surface area contributed by atoms with E-state index in [9.17, 15) is 9.90 Å². The van der Waals surface area contributed by atoms with Crippen LogP contribution in [-0.2, 0) is 9.53 Å². The molecule has 0 amide bonds. The van der Waals surface area contributed by atoms with E-state index in [2.05, 4.69) is 27.7 Å². The summed E-state index contributed by atoms with van der Waals surface area (Å²) >= 11 is 0. The SMILES string of the molecule is CC[C@H]1C[C@]23CCC[C@H]2C3(C(=O)O[C@@H]2C[C@H](C)CCC2C(C)C)[C@@H]1O. The van der Waals surface area contributed by atoms with Gasteiger partial charge in [-0.2, -0.15) is 0 Å². The van der Waals surface area contributed by atoms with E-state index in [-0.39, 0.29) is 23.4 Å². The van der Waals surface area contributed by atoms with Crippen molar-refractivity contribution in [1.29, 1.82) is 0 Å². The van der Waals surface area contributed by atoms with Crippen LogP contribution in [0.5, 0.6) is 0 Å². The number of aliphatic hydroxyl groups is 1. The van der Waals surface area contributed by atoms with Crippen LogP contribution >= 0.6 is 0 Å². The standard InChI is InChI=1S/C22H36O3/c1-5-15-12-21-10-6-7-18(21)22(21,19(15)23)20(24)25-17-11-14(4)8-9-16(17)13(2)3/h13-19,23H,5-12H2,1-4H3/t14-,15+,16?,17-,18-,19-,21-,22?/m1/s1. The molecule has 4 fully saturated rings. The first-order valence-corrected chi connectivity index (χ1v) is 10.8. The normalized spacial score (nSPS) is 51.3. The fraction of sp³-hybridized carbons (Fsp3) is 0.955. The van der Waals surface area contributed by atoms with E-state index in [4.69, 9.17) is 4.74 Å². The Morgan fingerprint density at radius 3 is 2.72 bits per heavy atom. The molecule has 3 nitrogen and oxygen atoms in total. The third-order valence-corrected chi connectivity index (χ3v) is 8.69. The van der Waals surface area contributed by atoms with Gasteiger partial charge in [-0.3, -0.25) is 4.79 Å². The van der Waals surface area contributed by atoms with Crippen molar-refractivity contribution in [3.63, 3.8) is 0 Å². The van der Waals surface area contributed by atoms with Gasteiger partial charge in [0.2, 0.25) is 0 Å². The van der Waals surface area contributed by atoms with Crippen molar-refractivity contribution in [3.8, 4) is 0 Å². The van der Waals surface area contributed by atoms with E-state index in [0.717, 1.165) is 32.1 Å². The van der Waals surface area contributed by atoms with Crippen LogP contribution in [0, 0.1) is 40.4 Å². The number of hydrogen-bond donors (Lipinski definition) is 1. The third-order valence-electron chi connectivity index (χ3n) is 8.69. The second kappa shape index (κ2) is 5.97. The average molecular weight is 349 g/mol. The molecule has 1 N–H and O–H groups in total. The summed E-state index contributed by atoms with van der Waals surface area (Å²) in [6.07, 6.45) is 8.44. The lowest BCUT2D eigenvalue weighted by molar-refractivity contribution is -0.170. The van der Waals surface area contributed by atoms with Crippen LogP contribution in [0.2, 0.25) is 0 Å². The van der Waals surface area contributed by atoms with Crippen LogP contribution in [0.1, 0.15) is 79.1 Å². The molecule has 0 saturated heterocycles. The van der Waals surface area contributed by atoms with Crippen LogP contribution in [0.25, 0.3) is 0 Å². The van der Waals surface area contributed by atoms with E-state index in [1.54, 1.807) is 0 Å². The Bertz CT molecular complexity index is 543. The molecule has 0 aromatic rings. The van der Waals surface area contributed by atoms with E-state index < -0.39 is 11.5 Å². The maximum atomic E-state index is 13.4. The second-order valence-corrected chi connectivity index (χ2v) is 10.1. The minimum Gasteiger partial charge on any atom is -0.462 e. The molecule has 0 aromatic carbocycles. The Hall–Kier alpha value is -0.570.